The number of hydrogen-bond donors (Lipinski definition) is 3. The van der Waals surface area contributed by atoms with Gasteiger partial charge in [-0.25, -0.2) is 0 Å². The number of nitrogens with zero attached hydrogens (tertiary/aromatic N) is 1. The summed E-state index contributed by atoms with van der Waals surface area (Å²) in [5.74, 6) is 0.228. The van der Waals surface area contributed by atoms with E-state index in [4.69, 9.17) is 10.9 Å². The molecule has 1 unspecified atom stereocenters. The highest BCUT2D eigenvalue weighted by Gasteiger charge is 2.10. The molecule has 94 valence electrons. The van der Waals surface area contributed by atoms with Crippen LogP contribution >= 0.6 is 15.9 Å². The minimum atomic E-state index is 0.101. The van der Waals surface area contributed by atoms with Gasteiger partial charge in [-0.3, -0.25) is 0 Å². The second-order valence-electron chi connectivity index (χ2n) is 4.28. The van der Waals surface area contributed by atoms with E-state index in [9.17, 15) is 0 Å². The molecule has 17 heavy (non-hydrogen) atoms. The maximum Gasteiger partial charge on any atom is 0.141 e. The number of hydrogen-bond acceptors (Lipinski definition) is 3. The molecule has 1 aromatic carbocycles. The van der Waals surface area contributed by atoms with Crippen LogP contribution in [0.2, 0.25) is 0 Å². The molecule has 0 aliphatic heterocycles. The Labute approximate surface area is 110 Å². The summed E-state index contributed by atoms with van der Waals surface area (Å²) in [6.45, 7) is 6.10. The second kappa shape index (κ2) is 5.91. The molecule has 0 bridgehead atoms. The highest BCUT2D eigenvalue weighted by atomic mass is 79.9. The van der Waals surface area contributed by atoms with Gasteiger partial charge in [-0.1, -0.05) is 11.2 Å². The highest BCUT2D eigenvalue weighted by molar-refractivity contribution is 9.10. The third-order valence-corrected chi connectivity index (χ3v) is 3.09. The van der Waals surface area contributed by atoms with Crippen molar-refractivity contribution in [3.8, 4) is 0 Å². The first kappa shape index (κ1) is 13.8. The molecule has 1 aromatic rings. The third kappa shape index (κ3) is 3.93. The summed E-state index contributed by atoms with van der Waals surface area (Å²) in [4.78, 5) is 0. The number of oxime groups is 1. The van der Waals surface area contributed by atoms with Crippen molar-refractivity contribution < 1.29 is 5.21 Å². The number of amidine groups is 1. The Hall–Kier alpha value is -1.23. The largest absolute Gasteiger partial charge is 0.409 e. The first-order valence-corrected chi connectivity index (χ1v) is 6.23. The van der Waals surface area contributed by atoms with E-state index >= 15 is 0 Å². The fraction of sp³-hybridized carbons (Fsp3) is 0.417. The number of halogens is 1. The van der Waals surface area contributed by atoms with Gasteiger partial charge in [0.05, 0.1) is 5.69 Å². The van der Waals surface area contributed by atoms with Crippen LogP contribution in [0.3, 0.4) is 0 Å². The van der Waals surface area contributed by atoms with Crippen molar-refractivity contribution in [2.24, 2.45) is 10.9 Å². The van der Waals surface area contributed by atoms with Gasteiger partial charge < -0.3 is 16.3 Å². The van der Waals surface area contributed by atoms with E-state index in [0.29, 0.717) is 6.42 Å². The molecule has 0 spiro atoms. The minimum absolute atomic E-state index is 0.101. The van der Waals surface area contributed by atoms with Crippen LogP contribution in [0, 0.1) is 13.8 Å². The summed E-state index contributed by atoms with van der Waals surface area (Å²) in [5.41, 5.74) is 8.91. The van der Waals surface area contributed by atoms with Gasteiger partial charge in [-0.15, -0.1) is 0 Å². The summed E-state index contributed by atoms with van der Waals surface area (Å²) in [7, 11) is 0. The lowest BCUT2D eigenvalue weighted by molar-refractivity contribution is 0.316. The number of nitrogens with two attached hydrogens (primary N) is 1. The molecule has 0 saturated heterocycles. The van der Waals surface area contributed by atoms with Crippen molar-refractivity contribution in [3.63, 3.8) is 0 Å². The van der Waals surface area contributed by atoms with Gasteiger partial charge in [-0.05, 0) is 53.9 Å². The molecule has 0 amide bonds. The smallest absolute Gasteiger partial charge is 0.141 e. The van der Waals surface area contributed by atoms with Gasteiger partial charge in [0.25, 0.3) is 0 Å². The summed E-state index contributed by atoms with van der Waals surface area (Å²) >= 11 is 3.54. The SMILES string of the molecule is Cc1cc(C)c(NC(C)CC(N)=NO)c(Br)c1. The van der Waals surface area contributed by atoms with Crippen molar-refractivity contribution in [2.45, 2.75) is 33.2 Å². The van der Waals surface area contributed by atoms with Crippen LogP contribution in [0.4, 0.5) is 5.69 Å². The van der Waals surface area contributed by atoms with E-state index in [1.165, 1.54) is 11.1 Å². The summed E-state index contributed by atoms with van der Waals surface area (Å²) in [6, 6.07) is 4.28. The van der Waals surface area contributed by atoms with E-state index in [1.807, 2.05) is 6.92 Å². The second-order valence-corrected chi connectivity index (χ2v) is 5.13. The quantitative estimate of drug-likeness (QED) is 0.346. The molecule has 0 aromatic heterocycles. The monoisotopic (exact) mass is 299 g/mol. The predicted molar refractivity (Wildman–Crippen MR) is 74.7 cm³/mol. The van der Waals surface area contributed by atoms with Gasteiger partial charge >= 0.3 is 0 Å². The fourth-order valence-electron chi connectivity index (χ4n) is 1.75. The molecule has 1 atom stereocenters. The van der Waals surface area contributed by atoms with Gasteiger partial charge in [0.2, 0.25) is 0 Å². The van der Waals surface area contributed by atoms with Crippen molar-refractivity contribution in [1.29, 1.82) is 0 Å². The van der Waals surface area contributed by atoms with Crippen LogP contribution in [-0.2, 0) is 0 Å². The van der Waals surface area contributed by atoms with Gasteiger partial charge in [-0.2, -0.15) is 0 Å². The van der Waals surface area contributed by atoms with Crippen LogP contribution < -0.4 is 11.1 Å². The predicted octanol–water partition coefficient (Wildman–Crippen LogP) is 3.00. The van der Waals surface area contributed by atoms with Crippen LogP contribution in [0.25, 0.3) is 0 Å². The van der Waals surface area contributed by atoms with Gasteiger partial charge in [0.15, 0.2) is 0 Å². The minimum Gasteiger partial charge on any atom is -0.409 e. The first-order chi connectivity index (χ1) is 7.93. The molecule has 0 radical (unpaired) electrons. The molecule has 0 saturated carbocycles. The standard InChI is InChI=1S/C12H18BrN3O/c1-7-4-8(2)12(10(13)5-7)15-9(3)6-11(14)16-17/h4-5,9,15,17H,6H2,1-3H3,(H2,14,16). The van der Waals surface area contributed by atoms with Crippen molar-refractivity contribution >= 4 is 27.5 Å². The lowest BCUT2D eigenvalue weighted by Gasteiger charge is -2.18. The molecule has 1 rings (SSSR count). The number of anilines is 1. The van der Waals surface area contributed by atoms with E-state index in [1.54, 1.807) is 0 Å². The van der Waals surface area contributed by atoms with Crippen LogP contribution in [0.15, 0.2) is 21.8 Å². The normalized spacial score (nSPS) is 13.5. The maximum atomic E-state index is 8.52. The van der Waals surface area contributed by atoms with Crippen molar-refractivity contribution in [3.05, 3.63) is 27.7 Å². The fourth-order valence-corrected chi connectivity index (χ4v) is 2.54. The van der Waals surface area contributed by atoms with Crippen molar-refractivity contribution in [1.82, 2.24) is 0 Å². The summed E-state index contributed by atoms with van der Waals surface area (Å²) in [5, 5.41) is 14.8. The third-order valence-electron chi connectivity index (χ3n) is 2.47. The zero-order chi connectivity index (χ0) is 13.0. The van der Waals surface area contributed by atoms with E-state index < -0.39 is 0 Å². The number of nitrogens with one attached hydrogen (secondary N) is 1. The summed E-state index contributed by atoms with van der Waals surface area (Å²) in [6.07, 6.45) is 0.496. The molecule has 0 fully saturated rings. The molecular formula is C12H18BrN3O. The van der Waals surface area contributed by atoms with Crippen molar-refractivity contribution in [2.75, 3.05) is 5.32 Å². The Morgan fingerprint density at radius 2 is 2.18 bits per heavy atom. The Morgan fingerprint density at radius 1 is 1.53 bits per heavy atom. The van der Waals surface area contributed by atoms with E-state index in [0.717, 1.165) is 10.2 Å². The average molecular weight is 300 g/mol. The Kier molecular flexibility index (Phi) is 4.81. The molecule has 0 heterocycles. The van der Waals surface area contributed by atoms with Crippen LogP contribution in [0.5, 0.6) is 0 Å². The Bertz CT molecular complexity index is 409. The average Bonchev–Trinajstić information content (AvgIpc) is 2.23. The van der Waals surface area contributed by atoms with Crippen LogP contribution in [-0.4, -0.2) is 17.1 Å². The van der Waals surface area contributed by atoms with E-state index in [-0.39, 0.29) is 11.9 Å². The highest BCUT2D eigenvalue weighted by Crippen LogP contribution is 2.28. The molecular weight excluding hydrogens is 282 g/mol. The van der Waals surface area contributed by atoms with Gasteiger partial charge in [0.1, 0.15) is 5.84 Å². The lowest BCUT2D eigenvalue weighted by atomic mass is 10.1. The van der Waals surface area contributed by atoms with E-state index in [2.05, 4.69) is 52.4 Å². The Morgan fingerprint density at radius 3 is 2.71 bits per heavy atom. The van der Waals surface area contributed by atoms with Crippen LogP contribution in [0.1, 0.15) is 24.5 Å². The van der Waals surface area contributed by atoms with Gasteiger partial charge in [0, 0.05) is 16.9 Å². The molecule has 5 heteroatoms. The number of aryl methyl sites for hydroxylation is 2. The Balaban J connectivity index is 2.81. The number of rotatable bonds is 4. The molecule has 4 N–H and O–H groups in total. The molecule has 4 nitrogen and oxygen atoms in total. The topological polar surface area (TPSA) is 70.6 Å². The molecule has 0 aliphatic carbocycles. The zero-order valence-corrected chi connectivity index (χ0v) is 11.9. The zero-order valence-electron chi connectivity index (χ0n) is 10.3. The maximum absolute atomic E-state index is 8.52. The number of benzene rings is 1. The summed E-state index contributed by atoms with van der Waals surface area (Å²) < 4.78 is 1.03. The first-order valence-electron chi connectivity index (χ1n) is 5.43. The lowest BCUT2D eigenvalue weighted by Crippen LogP contribution is -2.24. The molecule has 0 aliphatic rings.